The molecule has 0 saturated carbocycles. The first-order valence-electron chi connectivity index (χ1n) is 17.1. The monoisotopic (exact) mass is 659 g/mol. The van der Waals surface area contributed by atoms with E-state index in [9.17, 15) is 10.2 Å². The first-order valence-corrected chi connectivity index (χ1v) is 17.1. The molecule has 0 aliphatic rings. The molecular formula is C42H53N5O2. The number of nitrogens with zero attached hydrogens (tertiary/aromatic N) is 3. The van der Waals surface area contributed by atoms with E-state index in [-0.39, 0.29) is 33.2 Å². The summed E-state index contributed by atoms with van der Waals surface area (Å²) in [5, 5.41) is 39.1. The number of phenols is 2. The largest absolute Gasteiger partial charge is 0.505 e. The molecular weight excluding hydrogens is 606 g/mol. The predicted octanol–water partition coefficient (Wildman–Crippen LogP) is 11.0. The molecule has 0 bridgehead atoms. The summed E-state index contributed by atoms with van der Waals surface area (Å²) in [5.74, 6) is 0.482. The summed E-state index contributed by atoms with van der Waals surface area (Å²) in [5.41, 5.74) is 8.55. The minimum absolute atomic E-state index is 0.104. The maximum Gasteiger partial charge on any atom is 0.142 e. The van der Waals surface area contributed by atoms with Crippen LogP contribution >= 0.6 is 0 Å². The number of phenolic OH excluding ortho intramolecular Hbond substituents is 2. The molecule has 0 amide bonds. The van der Waals surface area contributed by atoms with Gasteiger partial charge in [0.25, 0.3) is 0 Å². The molecule has 0 aliphatic carbocycles. The zero-order valence-electron chi connectivity index (χ0n) is 31.2. The first kappa shape index (κ1) is 35.5. The average molecular weight is 660 g/mol. The van der Waals surface area contributed by atoms with Crippen LogP contribution in [0, 0.1) is 0 Å². The Bertz CT molecular complexity index is 1840. The lowest BCUT2D eigenvalue weighted by atomic mass is 9.79. The van der Waals surface area contributed by atoms with E-state index >= 15 is 0 Å². The Hall–Kier alpha value is -4.78. The third-order valence-corrected chi connectivity index (χ3v) is 8.95. The van der Waals surface area contributed by atoms with Gasteiger partial charge in [-0.15, -0.1) is 5.10 Å². The zero-order valence-corrected chi connectivity index (χ0v) is 31.2. The van der Waals surface area contributed by atoms with Crippen molar-refractivity contribution in [3.05, 3.63) is 101 Å². The zero-order chi connectivity index (χ0) is 36.1. The van der Waals surface area contributed by atoms with Crippen LogP contribution in [0.25, 0.3) is 16.9 Å². The molecule has 1 aromatic heterocycles. The molecule has 0 unspecified atom stereocenters. The van der Waals surface area contributed by atoms with E-state index in [0.29, 0.717) is 17.1 Å². The molecule has 4 N–H and O–H groups in total. The van der Waals surface area contributed by atoms with Gasteiger partial charge in [0, 0.05) is 22.4 Å². The molecule has 0 spiro atoms. The topological polar surface area (TPSA) is 95.2 Å². The Balaban J connectivity index is 1.54. The van der Waals surface area contributed by atoms with Gasteiger partial charge in [-0.2, -0.15) is 0 Å². The van der Waals surface area contributed by atoms with Crippen molar-refractivity contribution in [3.8, 4) is 28.4 Å². The van der Waals surface area contributed by atoms with Crippen LogP contribution in [0.1, 0.15) is 105 Å². The summed E-state index contributed by atoms with van der Waals surface area (Å²) in [6.07, 6.45) is 1.90. The van der Waals surface area contributed by atoms with E-state index in [0.717, 1.165) is 44.9 Å². The number of hydrogen-bond acceptors (Lipinski definition) is 6. The molecule has 4 aromatic carbocycles. The fourth-order valence-corrected chi connectivity index (χ4v) is 5.86. The molecule has 7 nitrogen and oxygen atoms in total. The van der Waals surface area contributed by atoms with Gasteiger partial charge in [0.05, 0.1) is 28.9 Å². The number of hydrogen-bond donors (Lipinski definition) is 4. The fraction of sp³-hybridized carbons (Fsp3) is 0.381. The number of aromatic nitrogens is 3. The summed E-state index contributed by atoms with van der Waals surface area (Å²) >= 11 is 0. The Morgan fingerprint density at radius 3 is 1.47 bits per heavy atom. The molecule has 7 heteroatoms. The molecule has 0 aliphatic heterocycles. The number of anilines is 4. The summed E-state index contributed by atoms with van der Waals surface area (Å²) in [4.78, 5) is 0. The summed E-state index contributed by atoms with van der Waals surface area (Å²) in [6.45, 7) is 25.8. The molecule has 5 aromatic rings. The molecule has 0 fully saturated rings. The van der Waals surface area contributed by atoms with Gasteiger partial charge in [-0.05, 0) is 63.1 Å². The molecule has 5 rings (SSSR count). The molecule has 0 saturated heterocycles. The Morgan fingerprint density at radius 1 is 0.531 bits per heavy atom. The van der Waals surface area contributed by atoms with Crippen molar-refractivity contribution >= 4 is 22.7 Å². The Kier molecular flexibility index (Phi) is 9.13. The lowest BCUT2D eigenvalue weighted by Crippen LogP contribution is -2.17. The van der Waals surface area contributed by atoms with Gasteiger partial charge < -0.3 is 20.8 Å². The van der Waals surface area contributed by atoms with Crippen molar-refractivity contribution in [2.24, 2.45) is 0 Å². The van der Waals surface area contributed by atoms with Crippen LogP contribution in [0.15, 0.2) is 79.0 Å². The fourth-order valence-electron chi connectivity index (χ4n) is 5.86. The molecule has 0 atom stereocenters. The van der Waals surface area contributed by atoms with Gasteiger partial charge in [0.15, 0.2) is 0 Å². The maximum absolute atomic E-state index is 11.5. The van der Waals surface area contributed by atoms with Crippen LogP contribution in [0.4, 0.5) is 22.7 Å². The molecule has 258 valence electrons. The van der Waals surface area contributed by atoms with Crippen molar-refractivity contribution in [2.45, 2.75) is 105 Å². The van der Waals surface area contributed by atoms with E-state index in [1.165, 1.54) is 0 Å². The summed E-state index contributed by atoms with van der Waals surface area (Å²) < 4.78 is 1.75. The highest BCUT2D eigenvalue weighted by Gasteiger charge is 2.27. The number of nitrogens with one attached hydrogen (secondary N) is 2. The van der Waals surface area contributed by atoms with Crippen LogP contribution in [0.5, 0.6) is 11.5 Å². The highest BCUT2D eigenvalue weighted by Crippen LogP contribution is 2.44. The van der Waals surface area contributed by atoms with Crippen LogP contribution in [0.3, 0.4) is 0 Å². The lowest BCUT2D eigenvalue weighted by molar-refractivity contribution is 0.446. The minimum atomic E-state index is -0.247. The van der Waals surface area contributed by atoms with E-state index in [1.807, 2.05) is 66.9 Å². The van der Waals surface area contributed by atoms with Crippen LogP contribution in [0.2, 0.25) is 0 Å². The first-order chi connectivity index (χ1) is 22.6. The third kappa shape index (κ3) is 7.61. The molecule has 0 radical (unpaired) electrons. The average Bonchev–Trinajstić information content (AvgIpc) is 3.47. The second-order valence-electron chi connectivity index (χ2n) is 17.2. The highest BCUT2D eigenvalue weighted by atomic mass is 16.3. The van der Waals surface area contributed by atoms with E-state index in [1.54, 1.807) is 4.68 Å². The molecule has 1 heterocycles. The van der Waals surface area contributed by atoms with Crippen LogP contribution in [-0.4, -0.2) is 25.2 Å². The smallest absolute Gasteiger partial charge is 0.142 e. The van der Waals surface area contributed by atoms with Crippen molar-refractivity contribution in [1.29, 1.82) is 0 Å². The van der Waals surface area contributed by atoms with Gasteiger partial charge in [0.2, 0.25) is 0 Å². The summed E-state index contributed by atoms with van der Waals surface area (Å²) in [6, 6.07) is 24.1. The van der Waals surface area contributed by atoms with Crippen LogP contribution in [-0.2, 0) is 21.7 Å². The van der Waals surface area contributed by atoms with Gasteiger partial charge >= 0.3 is 0 Å². The second-order valence-corrected chi connectivity index (χ2v) is 17.2. The highest BCUT2D eigenvalue weighted by molar-refractivity contribution is 5.82. The van der Waals surface area contributed by atoms with Crippen molar-refractivity contribution < 1.29 is 10.2 Å². The third-order valence-electron chi connectivity index (χ3n) is 8.95. The predicted molar refractivity (Wildman–Crippen MR) is 204 cm³/mol. The van der Waals surface area contributed by atoms with Gasteiger partial charge in [-0.1, -0.05) is 131 Å². The lowest BCUT2D eigenvalue weighted by Gasteiger charge is -2.28. The Labute approximate surface area is 292 Å². The van der Waals surface area contributed by atoms with Crippen molar-refractivity contribution in [3.63, 3.8) is 0 Å². The standard InChI is InChI=1S/C42H53N5O2/c1-39(2,3)26-21-29(41(7,8)9)37(48)33(23-26)43-31-18-14-13-17-28(31)35-25-47(46-45-35)36-20-16-15-19-32(36)44-34-24-27(40(4,5)6)22-30(38(34)49)42(10,11)12/h13-25,43-44,48-49H,1-12H3. The maximum atomic E-state index is 11.5. The van der Waals surface area contributed by atoms with E-state index in [2.05, 4.69) is 116 Å². The number of rotatable bonds is 6. The number of benzene rings is 4. The number of aromatic hydroxyl groups is 2. The van der Waals surface area contributed by atoms with Crippen molar-refractivity contribution in [1.82, 2.24) is 15.0 Å². The van der Waals surface area contributed by atoms with Crippen molar-refractivity contribution in [2.75, 3.05) is 10.6 Å². The molecule has 49 heavy (non-hydrogen) atoms. The van der Waals surface area contributed by atoms with E-state index < -0.39 is 0 Å². The normalized spacial score (nSPS) is 12.7. The number of para-hydroxylation sites is 3. The van der Waals surface area contributed by atoms with Crippen LogP contribution < -0.4 is 10.6 Å². The van der Waals surface area contributed by atoms with E-state index in [4.69, 9.17) is 0 Å². The van der Waals surface area contributed by atoms with Gasteiger partial charge in [0.1, 0.15) is 17.2 Å². The van der Waals surface area contributed by atoms with Gasteiger partial charge in [-0.25, -0.2) is 4.68 Å². The Morgan fingerprint density at radius 2 is 0.980 bits per heavy atom. The second kappa shape index (κ2) is 12.6. The van der Waals surface area contributed by atoms with Gasteiger partial charge in [-0.3, -0.25) is 0 Å². The minimum Gasteiger partial charge on any atom is -0.505 e. The quantitative estimate of drug-likeness (QED) is 0.136. The summed E-state index contributed by atoms with van der Waals surface area (Å²) in [7, 11) is 0. The SMILES string of the molecule is CC(C)(C)c1cc(Nc2ccccc2-c2cn(-c3ccccc3Nc3cc(C(C)(C)C)cc(C(C)(C)C)c3O)nn2)c(O)c(C(C)(C)C)c1.